The third kappa shape index (κ3) is 5.79. The van der Waals surface area contributed by atoms with Crippen molar-refractivity contribution in [2.24, 2.45) is 5.92 Å². The molecule has 1 aliphatic rings. The van der Waals surface area contributed by atoms with Crippen molar-refractivity contribution in [1.82, 2.24) is 4.31 Å². The molecule has 3 rings (SSSR count). The largest absolute Gasteiger partial charge is 0.492 e. The van der Waals surface area contributed by atoms with Gasteiger partial charge in [0.2, 0.25) is 21.8 Å². The number of nitrogens with one attached hydrogen (secondary N) is 2. The summed E-state index contributed by atoms with van der Waals surface area (Å²) in [5, 5.41) is 5.70. The molecule has 0 unspecified atom stereocenters. The number of halogens is 1. The van der Waals surface area contributed by atoms with Crippen LogP contribution in [0, 0.1) is 5.92 Å². The summed E-state index contributed by atoms with van der Waals surface area (Å²) in [6, 6.07) is 11.2. The van der Waals surface area contributed by atoms with Gasteiger partial charge in [0.25, 0.3) is 0 Å². The number of anilines is 2. The third-order valence-electron chi connectivity index (χ3n) is 5.05. The van der Waals surface area contributed by atoms with Crippen LogP contribution in [-0.2, 0) is 19.6 Å². The van der Waals surface area contributed by atoms with Crippen molar-refractivity contribution in [2.45, 2.75) is 31.6 Å². The molecule has 1 saturated heterocycles. The number of piperidine rings is 1. The second kappa shape index (κ2) is 10.3. The van der Waals surface area contributed by atoms with E-state index in [0.29, 0.717) is 43.1 Å². The highest BCUT2D eigenvalue weighted by Gasteiger charge is 2.33. The first-order chi connectivity index (χ1) is 15.2. The van der Waals surface area contributed by atoms with E-state index in [9.17, 15) is 18.0 Å². The van der Waals surface area contributed by atoms with Crippen LogP contribution in [0.2, 0.25) is 5.02 Å². The second-order valence-electron chi connectivity index (χ2n) is 7.48. The van der Waals surface area contributed by atoms with Crippen molar-refractivity contribution in [3.05, 3.63) is 47.5 Å². The Kier molecular flexibility index (Phi) is 7.76. The van der Waals surface area contributed by atoms with E-state index in [1.807, 2.05) is 6.92 Å². The molecule has 1 fully saturated rings. The summed E-state index contributed by atoms with van der Waals surface area (Å²) in [5.41, 5.74) is 1.09. The molecule has 2 N–H and O–H groups in total. The molecule has 2 aromatic rings. The number of rotatable bonds is 7. The van der Waals surface area contributed by atoms with Gasteiger partial charge in [0, 0.05) is 31.4 Å². The fraction of sp³-hybridized carbons (Fsp3) is 0.364. The van der Waals surface area contributed by atoms with Crippen LogP contribution < -0.4 is 15.4 Å². The molecule has 2 aromatic carbocycles. The summed E-state index contributed by atoms with van der Waals surface area (Å²) in [4.78, 5) is 24.1. The lowest BCUT2D eigenvalue weighted by atomic mass is 9.98. The molecule has 0 spiro atoms. The molecule has 32 heavy (non-hydrogen) atoms. The van der Waals surface area contributed by atoms with E-state index < -0.39 is 15.9 Å². The van der Waals surface area contributed by atoms with E-state index in [2.05, 4.69) is 10.6 Å². The van der Waals surface area contributed by atoms with Crippen LogP contribution in [0.15, 0.2) is 47.4 Å². The molecule has 0 saturated carbocycles. The smallest absolute Gasteiger partial charge is 0.243 e. The van der Waals surface area contributed by atoms with Gasteiger partial charge in [-0.3, -0.25) is 9.59 Å². The number of amides is 2. The van der Waals surface area contributed by atoms with Crippen LogP contribution in [0.4, 0.5) is 11.4 Å². The molecule has 0 radical (unpaired) electrons. The zero-order valence-electron chi connectivity index (χ0n) is 17.9. The van der Waals surface area contributed by atoms with Crippen LogP contribution in [0.5, 0.6) is 5.75 Å². The van der Waals surface area contributed by atoms with Gasteiger partial charge < -0.3 is 15.4 Å². The average Bonchev–Trinajstić information content (AvgIpc) is 2.75. The number of ether oxygens (including phenoxy) is 1. The van der Waals surface area contributed by atoms with Crippen LogP contribution in [-0.4, -0.2) is 44.2 Å². The normalized spacial score (nSPS) is 16.9. The van der Waals surface area contributed by atoms with Gasteiger partial charge >= 0.3 is 0 Å². The second-order valence-corrected chi connectivity index (χ2v) is 9.82. The molecule has 2 amide bonds. The maximum Gasteiger partial charge on any atom is 0.243 e. The molecule has 8 nitrogen and oxygen atoms in total. The van der Waals surface area contributed by atoms with Gasteiger partial charge in [-0.25, -0.2) is 8.42 Å². The minimum absolute atomic E-state index is 0.0648. The van der Waals surface area contributed by atoms with E-state index in [1.165, 1.54) is 29.4 Å². The Labute approximate surface area is 192 Å². The fourth-order valence-corrected chi connectivity index (χ4v) is 5.41. The molecule has 0 aliphatic carbocycles. The van der Waals surface area contributed by atoms with Gasteiger partial charge in [-0.2, -0.15) is 4.31 Å². The summed E-state index contributed by atoms with van der Waals surface area (Å²) in [6.07, 6.45) is 1.14. The number of carbonyl (C=O) groups is 2. The molecular formula is C22H26ClN3O5S. The first kappa shape index (κ1) is 24.0. The Bertz CT molecular complexity index is 1110. The predicted octanol–water partition coefficient (Wildman–Crippen LogP) is 3.74. The van der Waals surface area contributed by atoms with E-state index in [0.717, 1.165) is 0 Å². The summed E-state index contributed by atoms with van der Waals surface area (Å²) in [6.45, 7) is 4.04. The van der Waals surface area contributed by atoms with Gasteiger partial charge in [0.05, 0.1) is 22.4 Å². The minimum atomic E-state index is -3.81. The quantitative estimate of drug-likeness (QED) is 0.629. The highest BCUT2D eigenvalue weighted by molar-refractivity contribution is 7.89. The maximum absolute atomic E-state index is 13.1. The van der Waals surface area contributed by atoms with E-state index in [1.54, 1.807) is 24.3 Å². The van der Waals surface area contributed by atoms with E-state index >= 15 is 0 Å². The Morgan fingerprint density at radius 2 is 1.88 bits per heavy atom. The number of hydrogen-bond acceptors (Lipinski definition) is 5. The fourth-order valence-electron chi connectivity index (χ4n) is 3.56. The Morgan fingerprint density at radius 3 is 2.53 bits per heavy atom. The molecule has 1 atom stereocenters. The van der Waals surface area contributed by atoms with Gasteiger partial charge in [-0.1, -0.05) is 17.7 Å². The van der Waals surface area contributed by atoms with E-state index in [-0.39, 0.29) is 28.3 Å². The van der Waals surface area contributed by atoms with Gasteiger partial charge in [-0.05, 0) is 56.2 Å². The summed E-state index contributed by atoms with van der Waals surface area (Å²) >= 11 is 6.17. The summed E-state index contributed by atoms with van der Waals surface area (Å²) in [7, 11) is -3.81. The SMILES string of the molecule is CCOc1ccc(S(=O)(=O)N2CCC[C@@H](C(=O)Nc3cccc(NC(C)=O)c3)C2)cc1Cl. The Morgan fingerprint density at radius 1 is 1.16 bits per heavy atom. The Hall–Kier alpha value is -2.62. The summed E-state index contributed by atoms with van der Waals surface area (Å²) in [5.74, 6) is -0.558. The lowest BCUT2D eigenvalue weighted by Crippen LogP contribution is -2.43. The van der Waals surface area contributed by atoms with Crippen molar-refractivity contribution in [3.63, 3.8) is 0 Å². The third-order valence-corrected chi connectivity index (χ3v) is 7.20. The molecule has 1 aliphatic heterocycles. The van der Waals surface area contributed by atoms with Gasteiger partial charge in [0.15, 0.2) is 0 Å². The lowest BCUT2D eigenvalue weighted by Gasteiger charge is -2.31. The van der Waals surface area contributed by atoms with Crippen molar-refractivity contribution in [1.29, 1.82) is 0 Å². The molecule has 1 heterocycles. The number of sulfonamides is 1. The van der Waals surface area contributed by atoms with Crippen molar-refractivity contribution in [3.8, 4) is 5.75 Å². The van der Waals surface area contributed by atoms with Crippen molar-refractivity contribution in [2.75, 3.05) is 30.3 Å². The molecule has 10 heteroatoms. The number of benzene rings is 2. The zero-order chi connectivity index (χ0) is 23.3. The number of hydrogen-bond donors (Lipinski definition) is 2. The first-order valence-electron chi connectivity index (χ1n) is 10.3. The predicted molar refractivity (Wildman–Crippen MR) is 123 cm³/mol. The van der Waals surface area contributed by atoms with Crippen LogP contribution in [0.3, 0.4) is 0 Å². The van der Waals surface area contributed by atoms with Crippen LogP contribution in [0.1, 0.15) is 26.7 Å². The Balaban J connectivity index is 1.71. The van der Waals surface area contributed by atoms with Gasteiger partial charge in [0.1, 0.15) is 5.75 Å². The molecule has 0 aromatic heterocycles. The van der Waals surface area contributed by atoms with Crippen molar-refractivity contribution < 1.29 is 22.7 Å². The molecular weight excluding hydrogens is 454 g/mol. The standard InChI is InChI=1S/C22H26ClN3O5S/c1-3-31-21-10-9-19(13-20(21)23)32(29,30)26-11-5-6-16(14-26)22(28)25-18-8-4-7-17(12-18)24-15(2)27/h4,7-10,12-13,16H,3,5-6,11,14H2,1-2H3,(H,24,27)(H,25,28)/t16-/m1/s1. The minimum Gasteiger partial charge on any atom is -0.492 e. The zero-order valence-corrected chi connectivity index (χ0v) is 19.5. The first-order valence-corrected chi connectivity index (χ1v) is 12.1. The van der Waals surface area contributed by atoms with Gasteiger partial charge in [-0.15, -0.1) is 0 Å². The highest BCUT2D eigenvalue weighted by Crippen LogP contribution is 2.31. The van der Waals surface area contributed by atoms with E-state index in [4.69, 9.17) is 16.3 Å². The average molecular weight is 480 g/mol. The maximum atomic E-state index is 13.1. The van der Waals surface area contributed by atoms with Crippen molar-refractivity contribution >= 4 is 44.8 Å². The number of carbonyl (C=O) groups excluding carboxylic acids is 2. The monoisotopic (exact) mass is 479 g/mol. The molecule has 172 valence electrons. The summed E-state index contributed by atoms with van der Waals surface area (Å²) < 4.78 is 33.0. The number of nitrogens with zero attached hydrogens (tertiary/aromatic N) is 1. The highest BCUT2D eigenvalue weighted by atomic mass is 35.5. The van der Waals surface area contributed by atoms with Crippen LogP contribution >= 0.6 is 11.6 Å². The van der Waals surface area contributed by atoms with Crippen LogP contribution in [0.25, 0.3) is 0 Å². The molecule has 0 bridgehead atoms. The topological polar surface area (TPSA) is 105 Å². The lowest BCUT2D eigenvalue weighted by molar-refractivity contribution is -0.121.